The van der Waals surface area contributed by atoms with Crippen molar-refractivity contribution in [1.82, 2.24) is 5.43 Å². The van der Waals surface area contributed by atoms with Crippen LogP contribution in [0, 0.1) is 0 Å². The number of hydrogen-bond acceptors (Lipinski definition) is 5. The molecule has 9 heteroatoms. The predicted octanol–water partition coefficient (Wildman–Crippen LogP) is 3.91. The van der Waals surface area contributed by atoms with E-state index >= 15 is 0 Å². The number of methoxy groups -OCH3 is 1. The van der Waals surface area contributed by atoms with E-state index in [4.69, 9.17) is 16.3 Å². The minimum atomic E-state index is -3.88. The Morgan fingerprint density at radius 3 is 2.47 bits per heavy atom. The molecule has 2 N–H and O–H groups in total. The maximum absolute atomic E-state index is 12.6. The molecule has 0 unspecified atom stereocenters. The Labute approximate surface area is 179 Å². The zero-order valence-electron chi connectivity index (χ0n) is 15.9. The molecule has 0 spiro atoms. The zero-order chi connectivity index (χ0) is 21.6. The molecule has 0 bridgehead atoms. The molecule has 0 heterocycles. The van der Waals surface area contributed by atoms with Crippen LogP contribution in [0.3, 0.4) is 0 Å². The molecule has 0 radical (unpaired) electrons. The fourth-order valence-corrected chi connectivity index (χ4v) is 3.77. The average molecular weight is 444 g/mol. The van der Waals surface area contributed by atoms with Crippen LogP contribution < -0.4 is 14.9 Å². The number of hydrazone groups is 1. The quantitative estimate of drug-likeness (QED) is 0.427. The summed E-state index contributed by atoms with van der Waals surface area (Å²) in [5.74, 6) is 0.0498. The lowest BCUT2D eigenvalue weighted by Gasteiger charge is -2.10. The number of ether oxygens (including phenoxy) is 1. The van der Waals surface area contributed by atoms with E-state index in [2.05, 4.69) is 15.2 Å². The van der Waals surface area contributed by atoms with Gasteiger partial charge in [-0.15, -0.1) is 0 Å². The summed E-state index contributed by atoms with van der Waals surface area (Å²) in [7, 11) is -2.36. The van der Waals surface area contributed by atoms with Gasteiger partial charge in [-0.2, -0.15) is 5.10 Å². The standard InChI is InChI=1S/C21H18ClN3O4S/c1-29-18-11-9-17(10-12-18)25-30(27,28)19-7-4-6-15(13-19)21(26)24-23-14-16-5-2-3-8-20(16)22/h2-14,25H,1H3,(H,24,26)/b23-14+. The number of carbonyl (C=O) groups is 1. The van der Waals surface area contributed by atoms with E-state index < -0.39 is 15.9 Å². The second kappa shape index (κ2) is 9.43. The van der Waals surface area contributed by atoms with E-state index in [0.29, 0.717) is 22.0 Å². The maximum Gasteiger partial charge on any atom is 0.271 e. The highest BCUT2D eigenvalue weighted by Crippen LogP contribution is 2.20. The van der Waals surface area contributed by atoms with E-state index in [0.717, 1.165) is 0 Å². The Bertz CT molecular complexity index is 1180. The summed E-state index contributed by atoms with van der Waals surface area (Å²) in [5, 5.41) is 4.36. The number of anilines is 1. The SMILES string of the molecule is COc1ccc(NS(=O)(=O)c2cccc(C(=O)N/N=C/c3ccccc3Cl)c2)cc1. The van der Waals surface area contributed by atoms with Gasteiger partial charge in [-0.3, -0.25) is 9.52 Å². The molecule has 0 aliphatic rings. The number of benzene rings is 3. The number of hydrogen-bond donors (Lipinski definition) is 2. The summed E-state index contributed by atoms with van der Waals surface area (Å²) in [6, 6.07) is 19.1. The number of carbonyl (C=O) groups excluding carboxylic acids is 1. The Balaban J connectivity index is 1.72. The number of amides is 1. The highest BCUT2D eigenvalue weighted by atomic mass is 35.5. The van der Waals surface area contributed by atoms with Gasteiger partial charge in [-0.1, -0.05) is 35.9 Å². The molecule has 3 rings (SSSR count). The van der Waals surface area contributed by atoms with Crippen LogP contribution in [0.1, 0.15) is 15.9 Å². The number of sulfonamides is 1. The smallest absolute Gasteiger partial charge is 0.271 e. The van der Waals surface area contributed by atoms with E-state index in [-0.39, 0.29) is 10.5 Å². The van der Waals surface area contributed by atoms with Gasteiger partial charge in [-0.25, -0.2) is 13.8 Å². The second-order valence-electron chi connectivity index (χ2n) is 6.08. The van der Waals surface area contributed by atoms with Crippen molar-refractivity contribution in [3.63, 3.8) is 0 Å². The molecule has 0 aliphatic heterocycles. The van der Waals surface area contributed by atoms with Gasteiger partial charge in [0, 0.05) is 21.8 Å². The van der Waals surface area contributed by atoms with Crippen molar-refractivity contribution in [2.45, 2.75) is 4.90 Å². The van der Waals surface area contributed by atoms with E-state index in [1.54, 1.807) is 48.5 Å². The Kier molecular flexibility index (Phi) is 6.71. The minimum Gasteiger partial charge on any atom is -0.497 e. The normalized spacial score (nSPS) is 11.3. The molecule has 0 fully saturated rings. The largest absolute Gasteiger partial charge is 0.497 e. The first-order valence-corrected chi connectivity index (χ1v) is 10.6. The van der Waals surface area contributed by atoms with Crippen molar-refractivity contribution in [1.29, 1.82) is 0 Å². The molecule has 0 atom stereocenters. The monoisotopic (exact) mass is 443 g/mol. The third kappa shape index (κ3) is 5.37. The molecule has 3 aromatic carbocycles. The minimum absolute atomic E-state index is 0.0546. The summed E-state index contributed by atoms with van der Waals surface area (Å²) >= 11 is 6.03. The van der Waals surface area contributed by atoms with Gasteiger partial charge in [0.05, 0.1) is 18.2 Å². The molecular formula is C21H18ClN3O4S. The lowest BCUT2D eigenvalue weighted by Crippen LogP contribution is -2.19. The summed E-state index contributed by atoms with van der Waals surface area (Å²) in [6.07, 6.45) is 1.41. The molecule has 154 valence electrons. The van der Waals surface area contributed by atoms with Crippen molar-refractivity contribution in [3.05, 3.63) is 88.9 Å². The van der Waals surface area contributed by atoms with Gasteiger partial charge in [0.25, 0.3) is 15.9 Å². The fraction of sp³-hybridized carbons (Fsp3) is 0.0476. The Hall–Kier alpha value is -3.36. The zero-order valence-corrected chi connectivity index (χ0v) is 17.4. The summed E-state index contributed by atoms with van der Waals surface area (Å²) in [6.45, 7) is 0. The van der Waals surface area contributed by atoms with Crippen LogP contribution in [0.25, 0.3) is 0 Å². The third-order valence-electron chi connectivity index (χ3n) is 4.02. The Morgan fingerprint density at radius 1 is 1.03 bits per heavy atom. The molecule has 3 aromatic rings. The molecule has 0 saturated carbocycles. The summed E-state index contributed by atoms with van der Waals surface area (Å²) in [5.41, 5.74) is 3.51. The van der Waals surface area contributed by atoms with Gasteiger partial charge < -0.3 is 4.74 Å². The van der Waals surface area contributed by atoms with Gasteiger partial charge >= 0.3 is 0 Å². The molecule has 7 nitrogen and oxygen atoms in total. The van der Waals surface area contributed by atoms with Crippen LogP contribution in [0.2, 0.25) is 5.02 Å². The van der Waals surface area contributed by atoms with Gasteiger partial charge in [0.1, 0.15) is 5.75 Å². The highest BCUT2D eigenvalue weighted by Gasteiger charge is 2.16. The fourth-order valence-electron chi connectivity index (χ4n) is 2.48. The predicted molar refractivity (Wildman–Crippen MR) is 117 cm³/mol. The molecule has 0 saturated heterocycles. The van der Waals surface area contributed by atoms with E-state index in [1.807, 2.05) is 0 Å². The van der Waals surface area contributed by atoms with Gasteiger partial charge in [-0.05, 0) is 48.5 Å². The second-order valence-corrected chi connectivity index (χ2v) is 8.17. The average Bonchev–Trinajstić information content (AvgIpc) is 2.75. The number of nitrogens with one attached hydrogen (secondary N) is 2. The van der Waals surface area contributed by atoms with Crippen LogP contribution in [0.4, 0.5) is 5.69 Å². The van der Waals surface area contributed by atoms with E-state index in [9.17, 15) is 13.2 Å². The van der Waals surface area contributed by atoms with Crippen molar-refractivity contribution in [2.75, 3.05) is 11.8 Å². The molecule has 1 amide bonds. The number of nitrogens with zero attached hydrogens (tertiary/aromatic N) is 1. The highest BCUT2D eigenvalue weighted by molar-refractivity contribution is 7.92. The van der Waals surface area contributed by atoms with Crippen LogP contribution in [0.15, 0.2) is 82.8 Å². The molecule has 0 aliphatic carbocycles. The van der Waals surface area contributed by atoms with Crippen LogP contribution in [-0.4, -0.2) is 27.6 Å². The van der Waals surface area contributed by atoms with Crippen molar-refractivity contribution >= 4 is 39.4 Å². The third-order valence-corrected chi connectivity index (χ3v) is 5.75. The molecule has 0 aromatic heterocycles. The number of halogens is 1. The summed E-state index contributed by atoms with van der Waals surface area (Å²) in [4.78, 5) is 12.3. The van der Waals surface area contributed by atoms with E-state index in [1.165, 1.54) is 37.6 Å². The van der Waals surface area contributed by atoms with Crippen LogP contribution >= 0.6 is 11.6 Å². The first kappa shape index (κ1) is 21.4. The lowest BCUT2D eigenvalue weighted by atomic mass is 10.2. The van der Waals surface area contributed by atoms with Gasteiger partial charge in [0.15, 0.2) is 0 Å². The lowest BCUT2D eigenvalue weighted by molar-refractivity contribution is 0.0955. The first-order valence-electron chi connectivity index (χ1n) is 8.74. The molecular weight excluding hydrogens is 426 g/mol. The maximum atomic E-state index is 12.6. The topological polar surface area (TPSA) is 96.9 Å². The number of rotatable bonds is 7. The van der Waals surface area contributed by atoms with Crippen molar-refractivity contribution < 1.29 is 17.9 Å². The first-order chi connectivity index (χ1) is 14.4. The Morgan fingerprint density at radius 2 is 1.77 bits per heavy atom. The van der Waals surface area contributed by atoms with Crippen LogP contribution in [-0.2, 0) is 10.0 Å². The molecule has 30 heavy (non-hydrogen) atoms. The van der Waals surface area contributed by atoms with Crippen LogP contribution in [0.5, 0.6) is 5.75 Å². The van der Waals surface area contributed by atoms with Crippen molar-refractivity contribution in [2.24, 2.45) is 5.10 Å². The van der Waals surface area contributed by atoms with Gasteiger partial charge in [0.2, 0.25) is 0 Å². The van der Waals surface area contributed by atoms with Crippen molar-refractivity contribution in [3.8, 4) is 5.75 Å². The summed E-state index contributed by atoms with van der Waals surface area (Å²) < 4.78 is 32.8.